The summed E-state index contributed by atoms with van der Waals surface area (Å²) in [6, 6.07) is 2.44. The van der Waals surface area contributed by atoms with Crippen molar-refractivity contribution in [3.8, 4) is 12.3 Å². The second kappa shape index (κ2) is 3.84. The summed E-state index contributed by atoms with van der Waals surface area (Å²) >= 11 is 0. The molecular weight excluding hydrogens is 196 g/mol. The first kappa shape index (κ1) is 10.8. The summed E-state index contributed by atoms with van der Waals surface area (Å²) in [5, 5.41) is 17.6. The van der Waals surface area contributed by atoms with Crippen molar-refractivity contribution >= 4 is 11.9 Å². The zero-order chi connectivity index (χ0) is 11.6. The normalized spacial score (nSPS) is 9.33. The topological polar surface area (TPSA) is 74.6 Å². The number of carboxylic acids is 2. The number of rotatable bonds is 2. The molecule has 76 valence electrons. The highest BCUT2D eigenvalue weighted by molar-refractivity contribution is 5.96. The second-order valence-electron chi connectivity index (χ2n) is 2.92. The Morgan fingerprint density at radius 1 is 1.20 bits per heavy atom. The van der Waals surface area contributed by atoms with Crippen LogP contribution in [-0.4, -0.2) is 22.2 Å². The van der Waals surface area contributed by atoms with E-state index in [2.05, 4.69) is 5.92 Å². The van der Waals surface area contributed by atoms with Gasteiger partial charge < -0.3 is 10.2 Å². The van der Waals surface area contributed by atoms with Crippen LogP contribution in [0.3, 0.4) is 0 Å². The van der Waals surface area contributed by atoms with E-state index in [-0.39, 0.29) is 16.7 Å². The molecule has 0 saturated heterocycles. The zero-order valence-corrected chi connectivity index (χ0v) is 7.94. The van der Waals surface area contributed by atoms with Gasteiger partial charge >= 0.3 is 11.9 Å². The number of hydrogen-bond donors (Lipinski definition) is 2. The molecule has 1 rings (SSSR count). The quantitative estimate of drug-likeness (QED) is 0.713. The van der Waals surface area contributed by atoms with Crippen molar-refractivity contribution in [1.29, 1.82) is 0 Å². The van der Waals surface area contributed by atoms with Gasteiger partial charge in [-0.3, -0.25) is 0 Å². The molecule has 0 aromatic heterocycles. The molecule has 4 heteroatoms. The third kappa shape index (κ3) is 1.81. The van der Waals surface area contributed by atoms with Crippen LogP contribution in [0, 0.1) is 19.3 Å². The first-order chi connectivity index (χ1) is 6.99. The Morgan fingerprint density at radius 3 is 2.07 bits per heavy atom. The second-order valence-corrected chi connectivity index (χ2v) is 2.92. The van der Waals surface area contributed by atoms with Gasteiger partial charge in [0.2, 0.25) is 0 Å². The highest BCUT2D eigenvalue weighted by atomic mass is 16.4. The van der Waals surface area contributed by atoms with E-state index in [0.29, 0.717) is 5.56 Å². The van der Waals surface area contributed by atoms with Gasteiger partial charge in [0.1, 0.15) is 0 Å². The number of carboxylic acid groups (broad SMARTS) is 2. The van der Waals surface area contributed by atoms with Crippen molar-refractivity contribution < 1.29 is 19.8 Å². The SMILES string of the molecule is C#Cc1c(C(=O)O)ccc(C(=O)O)c1C. The molecule has 0 amide bonds. The Hall–Kier alpha value is -2.28. The van der Waals surface area contributed by atoms with Crippen molar-refractivity contribution in [2.75, 3.05) is 0 Å². The Bertz CT molecular complexity index is 480. The molecule has 0 spiro atoms. The molecule has 0 fully saturated rings. The number of aromatic carboxylic acids is 2. The van der Waals surface area contributed by atoms with Crippen molar-refractivity contribution in [1.82, 2.24) is 0 Å². The summed E-state index contributed by atoms with van der Waals surface area (Å²) < 4.78 is 0. The summed E-state index contributed by atoms with van der Waals surface area (Å²) in [4.78, 5) is 21.5. The van der Waals surface area contributed by atoms with Gasteiger partial charge in [0, 0.05) is 5.56 Å². The summed E-state index contributed by atoms with van der Waals surface area (Å²) in [6.07, 6.45) is 5.15. The van der Waals surface area contributed by atoms with E-state index < -0.39 is 11.9 Å². The Kier molecular flexibility index (Phi) is 2.77. The third-order valence-electron chi connectivity index (χ3n) is 2.07. The molecule has 0 aliphatic carbocycles. The van der Waals surface area contributed by atoms with E-state index >= 15 is 0 Å². The highest BCUT2D eigenvalue weighted by Crippen LogP contribution is 2.18. The van der Waals surface area contributed by atoms with Crippen molar-refractivity contribution in [2.45, 2.75) is 6.92 Å². The van der Waals surface area contributed by atoms with Crippen molar-refractivity contribution in [2.24, 2.45) is 0 Å². The van der Waals surface area contributed by atoms with Crippen LogP contribution in [0.15, 0.2) is 12.1 Å². The predicted molar refractivity (Wildman–Crippen MR) is 53.0 cm³/mol. The first-order valence-electron chi connectivity index (χ1n) is 4.05. The smallest absolute Gasteiger partial charge is 0.336 e. The van der Waals surface area contributed by atoms with Crippen LogP contribution in [0.25, 0.3) is 0 Å². The maximum atomic E-state index is 10.8. The van der Waals surface area contributed by atoms with E-state index in [1.165, 1.54) is 19.1 Å². The molecule has 2 N–H and O–H groups in total. The summed E-state index contributed by atoms with van der Waals surface area (Å²) in [5.41, 5.74) is 0.375. The van der Waals surface area contributed by atoms with Crippen LogP contribution in [0.2, 0.25) is 0 Å². The largest absolute Gasteiger partial charge is 0.478 e. The van der Waals surface area contributed by atoms with E-state index in [9.17, 15) is 9.59 Å². The lowest BCUT2D eigenvalue weighted by molar-refractivity contribution is 0.0680. The molecule has 15 heavy (non-hydrogen) atoms. The lowest BCUT2D eigenvalue weighted by Gasteiger charge is -2.06. The van der Waals surface area contributed by atoms with Crippen LogP contribution in [0.5, 0.6) is 0 Å². The number of carbonyl (C=O) groups is 2. The zero-order valence-electron chi connectivity index (χ0n) is 7.94. The van der Waals surface area contributed by atoms with Gasteiger partial charge in [0.15, 0.2) is 0 Å². The average Bonchev–Trinajstić information content (AvgIpc) is 2.16. The Labute approximate surface area is 86.2 Å². The Balaban J connectivity index is 3.55. The van der Waals surface area contributed by atoms with Crippen LogP contribution in [-0.2, 0) is 0 Å². The monoisotopic (exact) mass is 204 g/mol. The van der Waals surface area contributed by atoms with Gasteiger partial charge in [-0.25, -0.2) is 9.59 Å². The van der Waals surface area contributed by atoms with E-state index in [1.54, 1.807) is 0 Å². The molecule has 0 heterocycles. The van der Waals surface area contributed by atoms with Gasteiger partial charge in [-0.2, -0.15) is 0 Å². The molecule has 0 saturated carbocycles. The third-order valence-corrected chi connectivity index (χ3v) is 2.07. The van der Waals surface area contributed by atoms with Crippen LogP contribution < -0.4 is 0 Å². The van der Waals surface area contributed by atoms with Gasteiger partial charge in [-0.1, -0.05) is 5.92 Å². The summed E-state index contributed by atoms with van der Waals surface area (Å²) in [5.74, 6) is -0.0917. The van der Waals surface area contributed by atoms with Gasteiger partial charge in [-0.05, 0) is 24.6 Å². The minimum Gasteiger partial charge on any atom is -0.478 e. The van der Waals surface area contributed by atoms with Crippen LogP contribution in [0.4, 0.5) is 0 Å². The molecule has 0 aliphatic heterocycles. The molecule has 4 nitrogen and oxygen atoms in total. The highest BCUT2D eigenvalue weighted by Gasteiger charge is 2.16. The molecule has 0 unspecified atom stereocenters. The predicted octanol–water partition coefficient (Wildman–Crippen LogP) is 1.37. The summed E-state index contributed by atoms with van der Waals surface area (Å²) in [6.45, 7) is 1.49. The molecule has 1 aromatic carbocycles. The van der Waals surface area contributed by atoms with Gasteiger partial charge in [-0.15, -0.1) is 6.42 Å². The lowest BCUT2D eigenvalue weighted by Crippen LogP contribution is -2.07. The van der Waals surface area contributed by atoms with Crippen LogP contribution in [0.1, 0.15) is 31.8 Å². The molecule has 1 aromatic rings. The first-order valence-corrected chi connectivity index (χ1v) is 4.05. The summed E-state index contributed by atoms with van der Waals surface area (Å²) in [7, 11) is 0. The fourth-order valence-corrected chi connectivity index (χ4v) is 1.31. The minimum atomic E-state index is -1.16. The number of hydrogen-bond acceptors (Lipinski definition) is 2. The maximum Gasteiger partial charge on any atom is 0.336 e. The van der Waals surface area contributed by atoms with E-state index in [1.807, 2.05) is 0 Å². The van der Waals surface area contributed by atoms with Crippen molar-refractivity contribution in [3.63, 3.8) is 0 Å². The lowest BCUT2D eigenvalue weighted by atomic mass is 9.97. The number of benzene rings is 1. The van der Waals surface area contributed by atoms with E-state index in [4.69, 9.17) is 16.6 Å². The fraction of sp³-hybridized carbons (Fsp3) is 0.0909. The van der Waals surface area contributed by atoms with E-state index in [0.717, 1.165) is 0 Å². The standard InChI is InChI=1S/C11H8O4/c1-3-7-6(2)8(10(12)13)4-5-9(7)11(14)15/h1,4-5H,2H3,(H,12,13)(H,14,15). The molecule has 0 bridgehead atoms. The van der Waals surface area contributed by atoms with Gasteiger partial charge in [0.25, 0.3) is 0 Å². The number of terminal acetylenes is 1. The molecule has 0 atom stereocenters. The Morgan fingerprint density at radius 2 is 1.67 bits per heavy atom. The average molecular weight is 204 g/mol. The maximum absolute atomic E-state index is 10.8. The van der Waals surface area contributed by atoms with Crippen LogP contribution >= 0.6 is 0 Å². The molecule has 0 radical (unpaired) electrons. The fourth-order valence-electron chi connectivity index (χ4n) is 1.31. The molecule has 0 aliphatic rings. The molecular formula is C11H8O4. The minimum absolute atomic E-state index is 0.0213. The van der Waals surface area contributed by atoms with Gasteiger partial charge in [0.05, 0.1) is 11.1 Å². The van der Waals surface area contributed by atoms with Crippen molar-refractivity contribution in [3.05, 3.63) is 34.4 Å².